The summed E-state index contributed by atoms with van der Waals surface area (Å²) in [6, 6.07) is 18.6. The summed E-state index contributed by atoms with van der Waals surface area (Å²) >= 11 is 3.60. The van der Waals surface area contributed by atoms with E-state index in [1.54, 1.807) is 0 Å². The summed E-state index contributed by atoms with van der Waals surface area (Å²) in [5, 5.41) is 3.91. The Labute approximate surface area is 332 Å². The third-order valence-corrected chi connectivity index (χ3v) is 16.9. The molecule has 0 amide bonds. The van der Waals surface area contributed by atoms with Crippen LogP contribution in [0.5, 0.6) is 11.6 Å². The van der Waals surface area contributed by atoms with Crippen LogP contribution >= 0.6 is 15.9 Å². The molecule has 5 atom stereocenters. The first kappa shape index (κ1) is 39.1. The number of benzene rings is 2. The maximum absolute atomic E-state index is 15.8. The van der Waals surface area contributed by atoms with Crippen LogP contribution in [-0.4, -0.2) is 74.5 Å². The van der Waals surface area contributed by atoms with Crippen molar-refractivity contribution >= 4 is 47.4 Å². The Morgan fingerprint density at radius 3 is 2.07 bits per heavy atom. The van der Waals surface area contributed by atoms with E-state index in [0.717, 1.165) is 11.1 Å². The molecule has 7 rings (SSSR count). The quantitative estimate of drug-likeness (QED) is 0.0881. The first-order valence-electron chi connectivity index (χ1n) is 18.7. The van der Waals surface area contributed by atoms with Gasteiger partial charge in [0, 0.05) is 25.6 Å². The Bertz CT molecular complexity index is 2130. The second kappa shape index (κ2) is 14.4. The van der Waals surface area contributed by atoms with Crippen molar-refractivity contribution in [2.75, 3.05) is 33.1 Å². The highest BCUT2D eigenvalue weighted by atomic mass is 79.9. The molecular weight excluding hydrogens is 780 g/mol. The molecule has 55 heavy (non-hydrogen) atoms. The lowest BCUT2D eigenvalue weighted by Gasteiger charge is -2.56. The van der Waals surface area contributed by atoms with E-state index in [4.69, 9.17) is 23.4 Å². The third-order valence-electron chi connectivity index (χ3n) is 11.9. The van der Waals surface area contributed by atoms with E-state index in [9.17, 15) is 0 Å². The Morgan fingerprint density at radius 2 is 1.51 bits per heavy atom. The van der Waals surface area contributed by atoms with E-state index >= 15 is 14.4 Å². The van der Waals surface area contributed by atoms with Crippen LogP contribution in [0.25, 0.3) is 0 Å². The van der Waals surface area contributed by atoms with Crippen LogP contribution in [0.1, 0.15) is 76.4 Å². The van der Waals surface area contributed by atoms with E-state index in [-0.39, 0.29) is 35.4 Å². The van der Waals surface area contributed by atoms with Crippen molar-refractivity contribution in [1.29, 1.82) is 0 Å². The van der Waals surface area contributed by atoms with E-state index in [0.29, 0.717) is 40.1 Å². The number of anilines is 1. The number of nitrogens with zero attached hydrogens (tertiary/aromatic N) is 4. The zero-order chi connectivity index (χ0) is 39.6. The second-order valence-electron chi connectivity index (χ2n) is 16.9. The van der Waals surface area contributed by atoms with E-state index in [1.165, 1.54) is 0 Å². The van der Waals surface area contributed by atoms with Crippen LogP contribution in [0, 0.1) is 17.8 Å². The van der Waals surface area contributed by atoms with Gasteiger partial charge in [0.15, 0.2) is 41.6 Å². The summed E-state index contributed by atoms with van der Waals surface area (Å²) in [4.78, 5) is 55.3. The van der Waals surface area contributed by atoms with Crippen LogP contribution < -0.4 is 14.4 Å². The number of hydrogen-bond acceptors (Lipinski definition) is 11. The van der Waals surface area contributed by atoms with Crippen molar-refractivity contribution in [2.24, 2.45) is 17.8 Å². The highest BCUT2D eigenvalue weighted by Gasteiger charge is 2.70. The molecule has 4 aromatic rings. The minimum Gasteiger partial charge on any atom is -0.485 e. The van der Waals surface area contributed by atoms with Gasteiger partial charge in [0.1, 0.15) is 24.6 Å². The number of rotatable bonds is 10. The average molecular weight is 830 g/mol. The lowest BCUT2D eigenvalue weighted by atomic mass is 9.54. The van der Waals surface area contributed by atoms with Gasteiger partial charge in [-0.3, -0.25) is 19.3 Å². The van der Waals surface area contributed by atoms with Gasteiger partial charge in [-0.2, -0.15) is 0 Å². The normalized spacial score (nSPS) is 23.5. The van der Waals surface area contributed by atoms with Gasteiger partial charge in [0.25, 0.3) is 5.88 Å². The fourth-order valence-corrected chi connectivity index (χ4v) is 10.2. The number of pyridine rings is 1. The van der Waals surface area contributed by atoms with Gasteiger partial charge >= 0.3 is 0 Å². The second-order valence-corrected chi connectivity index (χ2v) is 22.4. The van der Waals surface area contributed by atoms with Crippen LogP contribution in [0.4, 0.5) is 5.82 Å². The van der Waals surface area contributed by atoms with Gasteiger partial charge in [-0.15, -0.1) is 0 Å². The fraction of sp³-hybridized carbons (Fsp3) is 0.452. The summed E-state index contributed by atoms with van der Waals surface area (Å²) in [6.45, 7) is 10.6. The zero-order valence-electron chi connectivity index (χ0n) is 32.9. The molecule has 1 saturated carbocycles. The number of Topliss-reactive ketones (excluding diaryl/α,β-unsaturated/α-hetero) is 3. The van der Waals surface area contributed by atoms with Crippen LogP contribution in [0.15, 0.2) is 69.8 Å². The smallest absolute Gasteiger partial charge is 0.265 e. The third kappa shape index (κ3) is 6.56. The van der Waals surface area contributed by atoms with Crippen molar-refractivity contribution in [1.82, 2.24) is 15.0 Å². The maximum atomic E-state index is 15.8. The lowest BCUT2D eigenvalue weighted by Crippen LogP contribution is -2.70. The molecule has 11 nitrogen and oxygen atoms in total. The largest absolute Gasteiger partial charge is 0.485 e. The number of ether oxygens (including phenoxy) is 2. The van der Waals surface area contributed by atoms with Crippen LogP contribution in [-0.2, 0) is 28.9 Å². The summed E-state index contributed by atoms with van der Waals surface area (Å²) in [5.74, 6) is -2.54. The molecule has 290 valence electrons. The number of hydrogen-bond donors (Lipinski definition) is 0. The number of aromatic nitrogens is 2. The number of ketones is 3. The molecule has 0 radical (unpaired) electrons. The Kier molecular flexibility index (Phi) is 10.2. The molecule has 3 aliphatic carbocycles. The highest BCUT2D eigenvalue weighted by molar-refractivity contribution is 9.10. The molecule has 1 fully saturated rings. The molecule has 1 unspecified atom stereocenters. The van der Waals surface area contributed by atoms with Gasteiger partial charge in [0.2, 0.25) is 5.78 Å². The minimum atomic E-state index is -2.90. The zero-order valence-corrected chi connectivity index (χ0v) is 35.5. The van der Waals surface area contributed by atoms with Gasteiger partial charge in [-0.05, 0) is 83.2 Å². The van der Waals surface area contributed by atoms with Crippen molar-refractivity contribution in [3.63, 3.8) is 0 Å². The molecule has 0 spiro atoms. The van der Waals surface area contributed by atoms with E-state index in [1.807, 2.05) is 112 Å². The molecule has 2 heterocycles. The summed E-state index contributed by atoms with van der Waals surface area (Å²) in [5.41, 5.74) is 0.902. The van der Waals surface area contributed by atoms with Crippen molar-refractivity contribution in [3.8, 4) is 11.6 Å². The summed E-state index contributed by atoms with van der Waals surface area (Å²) in [7, 11) is 4.65. The number of carbonyl (C=O) groups excluding carboxylic acids is 3. The Hall–Kier alpha value is -4.17. The fourth-order valence-electron chi connectivity index (χ4n) is 8.30. The van der Waals surface area contributed by atoms with Crippen LogP contribution in [0.2, 0.25) is 18.1 Å². The van der Waals surface area contributed by atoms with Gasteiger partial charge in [0.05, 0.1) is 17.5 Å². The van der Waals surface area contributed by atoms with Gasteiger partial charge in [-0.1, -0.05) is 81.4 Å². The van der Waals surface area contributed by atoms with Crippen molar-refractivity contribution in [2.45, 2.75) is 76.6 Å². The summed E-state index contributed by atoms with van der Waals surface area (Å²) < 4.78 is 26.2. The monoisotopic (exact) mass is 828 g/mol. The molecule has 0 aliphatic heterocycles. The molecule has 0 saturated heterocycles. The summed E-state index contributed by atoms with van der Waals surface area (Å²) in [6.07, 6.45) is 0.719. The highest BCUT2D eigenvalue weighted by Crippen LogP contribution is 2.59. The van der Waals surface area contributed by atoms with Crippen LogP contribution in [0.3, 0.4) is 0 Å². The molecule has 2 aromatic carbocycles. The van der Waals surface area contributed by atoms with Crippen molar-refractivity contribution < 1.29 is 32.8 Å². The lowest BCUT2D eigenvalue weighted by molar-refractivity contribution is -0.151. The minimum absolute atomic E-state index is 0.00447. The first-order valence-corrected chi connectivity index (χ1v) is 22.4. The predicted molar refractivity (Wildman–Crippen MR) is 214 cm³/mol. The molecule has 2 aromatic heterocycles. The SMILES string of the molecule is CN(C)c1nc(Br)c(OCc2ccccc2)c2c1C[C@H]1C[C@H]3[C@H](N(C)C)c4onc(OCc5ccccc5)c4C(=O)[C@@]3(O[Si](C)(C)C(C)(C)C)C(=O)C1C2=O. The Morgan fingerprint density at radius 1 is 0.909 bits per heavy atom. The molecule has 0 N–H and O–H groups in total. The average Bonchev–Trinajstić information content (AvgIpc) is 3.55. The number of fused-ring (bicyclic) bond motifs is 4. The maximum Gasteiger partial charge on any atom is 0.265 e. The molecule has 0 bridgehead atoms. The van der Waals surface area contributed by atoms with Gasteiger partial charge < -0.3 is 23.3 Å². The molecule has 13 heteroatoms. The molecule has 3 aliphatic rings. The Balaban J connectivity index is 1.39. The van der Waals surface area contributed by atoms with E-state index < -0.39 is 55.1 Å². The topological polar surface area (TPSA) is 124 Å². The van der Waals surface area contributed by atoms with Crippen molar-refractivity contribution in [3.05, 3.63) is 98.8 Å². The predicted octanol–water partition coefficient (Wildman–Crippen LogP) is 7.88. The van der Waals surface area contributed by atoms with Gasteiger partial charge in [-0.25, -0.2) is 4.98 Å². The molecular formula is C42H49BrN4O7Si. The standard InChI is InChI=1S/C42H49BrN4O7Si/c1-41(2,3)55(8,9)54-42-28(32(46(4)5)34-31(37(42)50)40(45-53-34)52-23-25-18-14-11-15-19-25)21-26-20-27-30(33(48)29(26)36(42)49)35(38(43)44-39(27)47(6)7)51-22-24-16-12-10-13-17-24/h10-19,26,28-29,32H,20-23H2,1-9H3/t26-,28-,29?,32-,42-/m0/s1. The number of halogens is 1. The number of carbonyl (C=O) groups is 3. The first-order chi connectivity index (χ1) is 26.0. The van der Waals surface area contributed by atoms with E-state index in [2.05, 4.69) is 41.9 Å².